The highest BCUT2D eigenvalue weighted by atomic mass is 16.5. The predicted octanol–water partition coefficient (Wildman–Crippen LogP) is 3.85. The normalized spacial score (nSPS) is 23.4. The van der Waals surface area contributed by atoms with Crippen LogP contribution in [0.1, 0.15) is 45.7 Å². The molecule has 0 spiro atoms. The van der Waals surface area contributed by atoms with Gasteiger partial charge in [0.05, 0.1) is 7.11 Å². The molecule has 0 saturated carbocycles. The van der Waals surface area contributed by atoms with Gasteiger partial charge in [-0.15, -0.1) is 0 Å². The van der Waals surface area contributed by atoms with Crippen LogP contribution < -0.4 is 15.0 Å². The van der Waals surface area contributed by atoms with Crippen LogP contribution >= 0.6 is 0 Å². The molecule has 3 atom stereocenters. The number of nitrogens with one attached hydrogen (secondary N) is 1. The molecule has 2 rings (SSSR count). The molecule has 1 heterocycles. The van der Waals surface area contributed by atoms with Gasteiger partial charge in [-0.3, -0.25) is 0 Å². The van der Waals surface area contributed by atoms with Crippen molar-refractivity contribution in [2.45, 2.75) is 40.2 Å². The Kier molecular flexibility index (Phi) is 5.51. The highest BCUT2D eigenvalue weighted by Gasteiger charge is 2.29. The minimum absolute atomic E-state index is 0.308. The van der Waals surface area contributed by atoms with Crippen molar-refractivity contribution >= 4 is 5.69 Å². The highest BCUT2D eigenvalue weighted by Crippen LogP contribution is 2.37. The molecule has 0 amide bonds. The maximum absolute atomic E-state index is 5.63. The number of hydrogen-bond acceptors (Lipinski definition) is 3. The molecular weight excluding hydrogens is 260 g/mol. The van der Waals surface area contributed by atoms with Crippen LogP contribution in [0.15, 0.2) is 18.2 Å². The zero-order valence-electron chi connectivity index (χ0n) is 14.1. The van der Waals surface area contributed by atoms with Gasteiger partial charge in [-0.1, -0.05) is 26.8 Å². The Morgan fingerprint density at radius 3 is 2.52 bits per heavy atom. The van der Waals surface area contributed by atoms with Gasteiger partial charge < -0.3 is 15.0 Å². The summed E-state index contributed by atoms with van der Waals surface area (Å²) in [4.78, 5) is 2.53. The van der Waals surface area contributed by atoms with Gasteiger partial charge in [-0.05, 0) is 43.9 Å². The average molecular weight is 290 g/mol. The van der Waals surface area contributed by atoms with Gasteiger partial charge in [0.2, 0.25) is 0 Å². The topological polar surface area (TPSA) is 24.5 Å². The lowest BCUT2D eigenvalue weighted by Crippen LogP contribution is -2.26. The summed E-state index contributed by atoms with van der Waals surface area (Å²) >= 11 is 0. The molecule has 1 saturated heterocycles. The Hall–Kier alpha value is -1.22. The summed E-state index contributed by atoms with van der Waals surface area (Å²) in [6.07, 6.45) is 1.15. The molecule has 118 valence electrons. The van der Waals surface area contributed by atoms with E-state index in [1.807, 2.05) is 0 Å². The Morgan fingerprint density at radius 2 is 1.95 bits per heavy atom. The van der Waals surface area contributed by atoms with Crippen molar-refractivity contribution < 1.29 is 4.74 Å². The molecule has 1 aliphatic rings. The van der Waals surface area contributed by atoms with Gasteiger partial charge in [0.1, 0.15) is 5.75 Å². The number of hydrogen-bond donors (Lipinski definition) is 1. The van der Waals surface area contributed by atoms with Crippen LogP contribution in [0.4, 0.5) is 5.69 Å². The standard InChI is InChI=1S/C18H30N2O/c1-6-10-19-15(4)18-16(8-7-9-17(18)21-5)20-11-13(2)14(3)12-20/h7-9,13-15,19H,6,10-12H2,1-5H3. The van der Waals surface area contributed by atoms with Crippen molar-refractivity contribution in [3.8, 4) is 5.75 Å². The van der Waals surface area contributed by atoms with E-state index in [1.54, 1.807) is 7.11 Å². The van der Waals surface area contributed by atoms with Crippen molar-refractivity contribution in [1.82, 2.24) is 5.32 Å². The summed E-state index contributed by atoms with van der Waals surface area (Å²) in [5, 5.41) is 3.60. The van der Waals surface area contributed by atoms with Gasteiger partial charge >= 0.3 is 0 Å². The second kappa shape index (κ2) is 7.17. The van der Waals surface area contributed by atoms with Crippen LogP contribution in [-0.2, 0) is 0 Å². The Balaban J connectivity index is 2.32. The predicted molar refractivity (Wildman–Crippen MR) is 90.2 cm³/mol. The van der Waals surface area contributed by atoms with Crippen LogP contribution in [0.25, 0.3) is 0 Å². The molecule has 0 bridgehead atoms. The Morgan fingerprint density at radius 1 is 1.29 bits per heavy atom. The first-order chi connectivity index (χ1) is 10.1. The summed E-state index contributed by atoms with van der Waals surface area (Å²) < 4.78 is 5.63. The molecule has 1 aromatic rings. The molecule has 0 aliphatic carbocycles. The van der Waals surface area contributed by atoms with Crippen molar-refractivity contribution in [2.75, 3.05) is 31.6 Å². The average Bonchev–Trinajstić information content (AvgIpc) is 2.83. The van der Waals surface area contributed by atoms with E-state index in [0.29, 0.717) is 6.04 Å². The van der Waals surface area contributed by atoms with Gasteiger partial charge in [-0.2, -0.15) is 0 Å². The molecule has 1 N–H and O–H groups in total. The van der Waals surface area contributed by atoms with E-state index in [1.165, 1.54) is 11.3 Å². The van der Waals surface area contributed by atoms with Gasteiger partial charge in [0, 0.05) is 30.4 Å². The van der Waals surface area contributed by atoms with Crippen LogP contribution in [0.3, 0.4) is 0 Å². The van der Waals surface area contributed by atoms with Crippen molar-refractivity contribution in [2.24, 2.45) is 11.8 Å². The number of rotatable bonds is 6. The van der Waals surface area contributed by atoms with Crippen molar-refractivity contribution in [1.29, 1.82) is 0 Å². The summed E-state index contributed by atoms with van der Waals surface area (Å²) in [6.45, 7) is 12.5. The maximum atomic E-state index is 5.63. The first kappa shape index (κ1) is 16.2. The summed E-state index contributed by atoms with van der Waals surface area (Å²) in [7, 11) is 1.77. The number of anilines is 1. The number of benzene rings is 1. The number of nitrogens with zero attached hydrogens (tertiary/aromatic N) is 1. The third-order valence-corrected chi connectivity index (χ3v) is 4.73. The van der Waals surface area contributed by atoms with E-state index in [2.05, 4.69) is 56.1 Å². The van der Waals surface area contributed by atoms with E-state index in [9.17, 15) is 0 Å². The van der Waals surface area contributed by atoms with E-state index in [-0.39, 0.29) is 0 Å². The lowest BCUT2D eigenvalue weighted by Gasteiger charge is -2.27. The quantitative estimate of drug-likeness (QED) is 0.861. The zero-order chi connectivity index (χ0) is 15.4. The van der Waals surface area contributed by atoms with Crippen molar-refractivity contribution in [3.05, 3.63) is 23.8 Å². The second-order valence-corrected chi connectivity index (χ2v) is 6.43. The molecule has 21 heavy (non-hydrogen) atoms. The lowest BCUT2D eigenvalue weighted by molar-refractivity contribution is 0.401. The lowest BCUT2D eigenvalue weighted by atomic mass is 10.0. The minimum Gasteiger partial charge on any atom is -0.496 e. The largest absolute Gasteiger partial charge is 0.496 e. The molecular formula is C18H30N2O. The first-order valence-corrected chi connectivity index (χ1v) is 8.23. The Labute approximate surface area is 129 Å². The summed E-state index contributed by atoms with van der Waals surface area (Å²) in [5.74, 6) is 2.50. The first-order valence-electron chi connectivity index (χ1n) is 8.23. The molecule has 0 aromatic heterocycles. The van der Waals surface area contributed by atoms with E-state index < -0.39 is 0 Å². The SMILES string of the molecule is CCCNC(C)c1c(OC)cccc1N1CC(C)C(C)C1. The fourth-order valence-electron chi connectivity index (χ4n) is 3.21. The molecule has 0 radical (unpaired) electrons. The van der Waals surface area contributed by atoms with Gasteiger partial charge in [0.15, 0.2) is 0 Å². The molecule has 1 aromatic carbocycles. The smallest absolute Gasteiger partial charge is 0.125 e. The number of methoxy groups -OCH3 is 1. The van der Waals surface area contributed by atoms with Crippen LogP contribution in [0, 0.1) is 11.8 Å². The van der Waals surface area contributed by atoms with E-state index in [0.717, 1.165) is 43.6 Å². The Bertz CT molecular complexity index is 451. The van der Waals surface area contributed by atoms with Gasteiger partial charge in [-0.25, -0.2) is 0 Å². The van der Waals surface area contributed by atoms with Gasteiger partial charge in [0.25, 0.3) is 0 Å². The van der Waals surface area contributed by atoms with E-state index in [4.69, 9.17) is 4.74 Å². The molecule has 3 heteroatoms. The van der Waals surface area contributed by atoms with Crippen LogP contribution in [0.2, 0.25) is 0 Å². The van der Waals surface area contributed by atoms with Crippen molar-refractivity contribution in [3.63, 3.8) is 0 Å². The summed E-state index contributed by atoms with van der Waals surface area (Å²) in [6, 6.07) is 6.73. The second-order valence-electron chi connectivity index (χ2n) is 6.43. The summed E-state index contributed by atoms with van der Waals surface area (Å²) in [5.41, 5.74) is 2.64. The molecule has 1 aliphatic heterocycles. The fourth-order valence-corrected chi connectivity index (χ4v) is 3.21. The monoisotopic (exact) mass is 290 g/mol. The molecule has 3 unspecified atom stereocenters. The van der Waals surface area contributed by atoms with Crippen LogP contribution in [-0.4, -0.2) is 26.7 Å². The number of ether oxygens (including phenoxy) is 1. The van der Waals surface area contributed by atoms with E-state index >= 15 is 0 Å². The third kappa shape index (κ3) is 3.52. The third-order valence-electron chi connectivity index (χ3n) is 4.73. The molecule has 3 nitrogen and oxygen atoms in total. The minimum atomic E-state index is 0.308. The highest BCUT2D eigenvalue weighted by molar-refractivity contribution is 5.61. The fraction of sp³-hybridized carbons (Fsp3) is 0.667. The zero-order valence-corrected chi connectivity index (χ0v) is 14.1. The molecule has 1 fully saturated rings. The van der Waals surface area contributed by atoms with Crippen LogP contribution in [0.5, 0.6) is 5.75 Å². The maximum Gasteiger partial charge on any atom is 0.125 e.